The molecule has 2 heterocycles. The molecule has 3 rings (SSSR count). The zero-order valence-corrected chi connectivity index (χ0v) is 17.1. The summed E-state index contributed by atoms with van der Waals surface area (Å²) in [6, 6.07) is 6.46. The SMILES string of the molecule is CN(C)S(=O)(=O)N1CCC[C@H]1C(=O)N1CCN(c2ccc(C(N)=O)cc2)CC1. The second kappa shape index (κ2) is 8.06. The quantitative estimate of drug-likeness (QED) is 0.719. The molecular formula is C18H27N5O4S. The van der Waals surface area contributed by atoms with Gasteiger partial charge in [0.1, 0.15) is 6.04 Å². The van der Waals surface area contributed by atoms with Crippen molar-refractivity contribution in [2.45, 2.75) is 18.9 Å². The molecule has 0 aliphatic carbocycles. The second-order valence-corrected chi connectivity index (χ2v) is 9.38. The summed E-state index contributed by atoms with van der Waals surface area (Å²) in [7, 11) is -0.636. The van der Waals surface area contributed by atoms with Crippen LogP contribution in [0.1, 0.15) is 23.2 Å². The second-order valence-electron chi connectivity index (χ2n) is 7.28. The van der Waals surface area contributed by atoms with Gasteiger partial charge < -0.3 is 15.5 Å². The minimum atomic E-state index is -3.60. The molecule has 2 saturated heterocycles. The number of amides is 2. The van der Waals surface area contributed by atoms with Crippen molar-refractivity contribution in [3.63, 3.8) is 0 Å². The van der Waals surface area contributed by atoms with Crippen LogP contribution in [0.25, 0.3) is 0 Å². The van der Waals surface area contributed by atoms with E-state index in [-0.39, 0.29) is 5.91 Å². The van der Waals surface area contributed by atoms with Crippen LogP contribution >= 0.6 is 0 Å². The van der Waals surface area contributed by atoms with Gasteiger partial charge in [-0.1, -0.05) is 0 Å². The van der Waals surface area contributed by atoms with Crippen LogP contribution < -0.4 is 10.6 Å². The Bertz CT molecular complexity index is 832. The van der Waals surface area contributed by atoms with Crippen molar-refractivity contribution in [2.24, 2.45) is 5.73 Å². The molecule has 10 heteroatoms. The Labute approximate surface area is 165 Å². The maximum absolute atomic E-state index is 13.0. The van der Waals surface area contributed by atoms with Gasteiger partial charge in [-0.3, -0.25) is 9.59 Å². The molecule has 1 aromatic carbocycles. The van der Waals surface area contributed by atoms with E-state index in [1.807, 2.05) is 12.1 Å². The number of carbonyl (C=O) groups excluding carboxylic acids is 2. The maximum Gasteiger partial charge on any atom is 0.282 e. The van der Waals surface area contributed by atoms with E-state index in [9.17, 15) is 18.0 Å². The standard InChI is InChI=1S/C18H27N5O4S/c1-20(2)28(26,27)23-9-3-4-16(23)18(25)22-12-10-21(11-13-22)15-7-5-14(6-8-15)17(19)24/h5-8,16H,3-4,9-13H2,1-2H3,(H2,19,24)/t16-/m0/s1. The third-order valence-electron chi connectivity index (χ3n) is 5.35. The lowest BCUT2D eigenvalue weighted by atomic mass is 10.1. The lowest BCUT2D eigenvalue weighted by Crippen LogP contribution is -2.55. The average molecular weight is 410 g/mol. The van der Waals surface area contributed by atoms with Gasteiger partial charge in [0.25, 0.3) is 10.2 Å². The first-order valence-electron chi connectivity index (χ1n) is 9.34. The van der Waals surface area contributed by atoms with E-state index < -0.39 is 22.2 Å². The van der Waals surface area contributed by atoms with E-state index in [1.165, 1.54) is 18.4 Å². The Morgan fingerprint density at radius 1 is 1.04 bits per heavy atom. The fourth-order valence-corrected chi connectivity index (χ4v) is 5.00. The fourth-order valence-electron chi connectivity index (χ4n) is 3.71. The number of piperazine rings is 1. The van der Waals surface area contributed by atoms with Crippen molar-refractivity contribution in [3.05, 3.63) is 29.8 Å². The van der Waals surface area contributed by atoms with E-state index in [0.29, 0.717) is 51.1 Å². The summed E-state index contributed by atoms with van der Waals surface area (Å²) in [5.74, 6) is -0.581. The first-order valence-corrected chi connectivity index (χ1v) is 10.7. The highest BCUT2D eigenvalue weighted by Gasteiger charge is 2.41. The number of rotatable bonds is 5. The van der Waals surface area contributed by atoms with Crippen molar-refractivity contribution in [1.82, 2.24) is 13.5 Å². The van der Waals surface area contributed by atoms with Crippen molar-refractivity contribution < 1.29 is 18.0 Å². The van der Waals surface area contributed by atoms with Crippen LogP contribution in [-0.2, 0) is 15.0 Å². The van der Waals surface area contributed by atoms with Crippen LogP contribution in [0, 0.1) is 0 Å². The van der Waals surface area contributed by atoms with E-state index in [0.717, 1.165) is 9.99 Å². The maximum atomic E-state index is 13.0. The van der Waals surface area contributed by atoms with Crippen LogP contribution in [0.15, 0.2) is 24.3 Å². The fraction of sp³-hybridized carbons (Fsp3) is 0.556. The third-order valence-corrected chi connectivity index (χ3v) is 7.31. The zero-order chi connectivity index (χ0) is 20.5. The van der Waals surface area contributed by atoms with Crippen LogP contribution in [0.2, 0.25) is 0 Å². The van der Waals surface area contributed by atoms with Crippen molar-refractivity contribution in [2.75, 3.05) is 51.7 Å². The van der Waals surface area contributed by atoms with Crippen molar-refractivity contribution in [3.8, 4) is 0 Å². The van der Waals surface area contributed by atoms with Gasteiger partial charge in [0.15, 0.2) is 0 Å². The minimum Gasteiger partial charge on any atom is -0.368 e. The highest BCUT2D eigenvalue weighted by molar-refractivity contribution is 7.86. The summed E-state index contributed by atoms with van der Waals surface area (Å²) in [4.78, 5) is 28.0. The molecule has 2 N–H and O–H groups in total. The van der Waals surface area contributed by atoms with Crippen LogP contribution in [0.4, 0.5) is 5.69 Å². The summed E-state index contributed by atoms with van der Waals surface area (Å²) < 4.78 is 27.4. The van der Waals surface area contributed by atoms with Crippen molar-refractivity contribution in [1.29, 1.82) is 0 Å². The molecule has 0 bridgehead atoms. The topological polar surface area (TPSA) is 107 Å². The summed E-state index contributed by atoms with van der Waals surface area (Å²) in [6.45, 7) is 2.73. The molecule has 28 heavy (non-hydrogen) atoms. The van der Waals surface area contributed by atoms with Gasteiger partial charge in [-0.05, 0) is 37.1 Å². The predicted octanol–water partition coefficient (Wildman–Crippen LogP) is -0.295. The molecule has 0 saturated carbocycles. The number of carbonyl (C=O) groups is 2. The number of primary amides is 1. The summed E-state index contributed by atoms with van der Waals surface area (Å²) in [5.41, 5.74) is 6.69. The lowest BCUT2D eigenvalue weighted by molar-refractivity contribution is -0.135. The molecule has 1 aromatic rings. The van der Waals surface area contributed by atoms with Gasteiger partial charge in [0.2, 0.25) is 11.8 Å². The smallest absolute Gasteiger partial charge is 0.282 e. The lowest BCUT2D eigenvalue weighted by Gasteiger charge is -2.38. The molecule has 154 valence electrons. The highest BCUT2D eigenvalue weighted by Crippen LogP contribution is 2.25. The monoisotopic (exact) mass is 409 g/mol. The minimum absolute atomic E-state index is 0.119. The van der Waals surface area contributed by atoms with Gasteiger partial charge >= 0.3 is 0 Å². The molecule has 0 radical (unpaired) electrons. The van der Waals surface area contributed by atoms with E-state index in [1.54, 1.807) is 17.0 Å². The predicted molar refractivity (Wildman–Crippen MR) is 106 cm³/mol. The molecule has 1 atom stereocenters. The number of anilines is 1. The van der Waals surface area contributed by atoms with E-state index >= 15 is 0 Å². The summed E-state index contributed by atoms with van der Waals surface area (Å²) >= 11 is 0. The Kier molecular flexibility index (Phi) is 5.92. The molecule has 2 amide bonds. The number of hydrogen-bond acceptors (Lipinski definition) is 5. The Morgan fingerprint density at radius 2 is 1.64 bits per heavy atom. The molecule has 9 nitrogen and oxygen atoms in total. The number of nitrogens with two attached hydrogens (primary N) is 1. The van der Waals surface area contributed by atoms with Gasteiger partial charge in [-0.25, -0.2) is 0 Å². The van der Waals surface area contributed by atoms with Gasteiger partial charge in [0, 0.05) is 58.1 Å². The number of hydrogen-bond donors (Lipinski definition) is 1. The molecule has 2 aliphatic heterocycles. The first-order chi connectivity index (χ1) is 13.2. The van der Waals surface area contributed by atoms with Crippen LogP contribution in [0.3, 0.4) is 0 Å². The first kappa shape index (κ1) is 20.6. The third kappa shape index (κ3) is 3.98. The Morgan fingerprint density at radius 3 is 2.18 bits per heavy atom. The van der Waals surface area contributed by atoms with Crippen LogP contribution in [-0.4, -0.2) is 86.6 Å². The molecule has 0 spiro atoms. The van der Waals surface area contributed by atoms with E-state index in [4.69, 9.17) is 5.73 Å². The molecule has 0 aromatic heterocycles. The Hall–Kier alpha value is -2.17. The Balaban J connectivity index is 1.63. The summed E-state index contributed by atoms with van der Waals surface area (Å²) in [6.07, 6.45) is 1.25. The zero-order valence-electron chi connectivity index (χ0n) is 16.2. The van der Waals surface area contributed by atoms with Crippen molar-refractivity contribution >= 4 is 27.7 Å². The van der Waals surface area contributed by atoms with Crippen LogP contribution in [0.5, 0.6) is 0 Å². The summed E-state index contributed by atoms with van der Waals surface area (Å²) in [5, 5.41) is 0. The number of nitrogens with zero attached hydrogens (tertiary/aromatic N) is 4. The highest BCUT2D eigenvalue weighted by atomic mass is 32.2. The average Bonchev–Trinajstić information content (AvgIpc) is 3.18. The van der Waals surface area contributed by atoms with Gasteiger partial charge in [0.05, 0.1) is 0 Å². The van der Waals surface area contributed by atoms with E-state index in [2.05, 4.69) is 4.90 Å². The molecule has 0 unspecified atom stereocenters. The van der Waals surface area contributed by atoms with Gasteiger partial charge in [-0.15, -0.1) is 0 Å². The molecule has 2 aliphatic rings. The molecular weight excluding hydrogens is 382 g/mol. The molecule has 2 fully saturated rings. The largest absolute Gasteiger partial charge is 0.368 e. The normalized spacial score (nSPS) is 21.3. The number of benzene rings is 1. The van der Waals surface area contributed by atoms with Gasteiger partial charge in [-0.2, -0.15) is 17.0 Å².